The number of anilines is 2. The first kappa shape index (κ1) is 28.2. The van der Waals surface area contributed by atoms with Gasteiger partial charge in [-0.05, 0) is 61.3 Å². The first-order valence-electron chi connectivity index (χ1n) is 13.5. The van der Waals surface area contributed by atoms with Crippen LogP contribution in [0.2, 0.25) is 0 Å². The molecule has 0 amide bonds. The number of unbranched alkanes of at least 4 members (excludes halogenated alkanes) is 9. The summed E-state index contributed by atoms with van der Waals surface area (Å²) in [5.41, 5.74) is 5.27. The Morgan fingerprint density at radius 3 is 1.03 bits per heavy atom. The number of rotatable bonds is 19. The largest absolute Gasteiger partial charge is 0.378 e. The van der Waals surface area contributed by atoms with Gasteiger partial charge in [0.25, 0.3) is 0 Å². The van der Waals surface area contributed by atoms with Crippen molar-refractivity contribution in [3.63, 3.8) is 0 Å². The average Bonchev–Trinajstić information content (AvgIpc) is 2.84. The molecule has 2 N–H and O–H groups in total. The maximum Gasteiger partial charge on any atom is 0.0361 e. The van der Waals surface area contributed by atoms with Gasteiger partial charge in [0, 0.05) is 52.7 Å². The lowest BCUT2D eigenvalue weighted by atomic mass is 10.1. The predicted molar refractivity (Wildman–Crippen MR) is 151 cm³/mol. The minimum atomic E-state index is 0.979. The van der Waals surface area contributed by atoms with E-state index >= 15 is 0 Å². The molecule has 0 radical (unpaired) electrons. The van der Waals surface area contributed by atoms with E-state index in [1.54, 1.807) is 0 Å². The summed E-state index contributed by atoms with van der Waals surface area (Å²) in [4.78, 5) is 4.28. The predicted octanol–water partition coefficient (Wildman–Crippen LogP) is 6.60. The highest BCUT2D eigenvalue weighted by molar-refractivity contribution is 5.46. The molecule has 0 spiro atoms. The Morgan fingerprint density at radius 1 is 0.441 bits per heavy atom. The van der Waals surface area contributed by atoms with Crippen LogP contribution in [0.3, 0.4) is 0 Å². The summed E-state index contributed by atoms with van der Waals surface area (Å²) < 4.78 is 0. The maximum atomic E-state index is 3.59. The summed E-state index contributed by atoms with van der Waals surface area (Å²) in [6, 6.07) is 17.7. The van der Waals surface area contributed by atoms with Gasteiger partial charge in [-0.15, -0.1) is 0 Å². The SMILES string of the molecule is CN(C)c1ccc(CNCCCCCCCCCCCCNCc2ccc(N(C)C)cc2)cc1. The molecule has 0 unspecified atom stereocenters. The summed E-state index contributed by atoms with van der Waals surface area (Å²) in [7, 11) is 8.34. The highest BCUT2D eigenvalue weighted by Crippen LogP contribution is 2.14. The molecule has 0 aliphatic carbocycles. The van der Waals surface area contributed by atoms with Gasteiger partial charge in [0.1, 0.15) is 0 Å². The van der Waals surface area contributed by atoms with Crippen molar-refractivity contribution in [3.05, 3.63) is 59.7 Å². The standard InChI is InChI=1S/C30H50N4/c1-33(2)29-19-15-27(16-20-29)25-31-23-13-11-9-7-5-6-8-10-12-14-24-32-26-28-17-21-30(22-18-28)34(3)4/h15-22,31-32H,5-14,23-26H2,1-4H3. The number of benzene rings is 2. The Hall–Kier alpha value is -2.04. The monoisotopic (exact) mass is 466 g/mol. The van der Waals surface area contributed by atoms with Crippen LogP contribution < -0.4 is 20.4 Å². The molecule has 0 heterocycles. The van der Waals surface area contributed by atoms with Gasteiger partial charge in [-0.25, -0.2) is 0 Å². The van der Waals surface area contributed by atoms with Crippen molar-refractivity contribution in [1.82, 2.24) is 10.6 Å². The first-order chi connectivity index (χ1) is 16.6. The third-order valence-electron chi connectivity index (χ3n) is 6.52. The molecule has 0 aliphatic rings. The molecule has 2 rings (SSSR count). The molecular formula is C30H50N4. The zero-order valence-corrected chi connectivity index (χ0v) is 22.4. The quantitative estimate of drug-likeness (QED) is 0.228. The summed E-state index contributed by atoms with van der Waals surface area (Å²) >= 11 is 0. The lowest BCUT2D eigenvalue weighted by Crippen LogP contribution is -2.15. The van der Waals surface area contributed by atoms with Crippen LogP contribution in [0.1, 0.15) is 75.3 Å². The number of nitrogens with one attached hydrogen (secondary N) is 2. The van der Waals surface area contributed by atoms with Gasteiger partial charge in [-0.2, -0.15) is 0 Å². The molecule has 0 aromatic heterocycles. The molecular weight excluding hydrogens is 416 g/mol. The summed E-state index contributed by atoms with van der Waals surface area (Å²) in [6.45, 7) is 4.22. The number of hydrogen-bond donors (Lipinski definition) is 2. The summed E-state index contributed by atoms with van der Waals surface area (Å²) in [5, 5.41) is 7.17. The number of hydrogen-bond acceptors (Lipinski definition) is 4. The highest BCUT2D eigenvalue weighted by Gasteiger charge is 1.98. The average molecular weight is 467 g/mol. The molecule has 4 heteroatoms. The van der Waals surface area contributed by atoms with Crippen molar-refractivity contribution in [2.24, 2.45) is 0 Å². The zero-order valence-electron chi connectivity index (χ0n) is 22.4. The minimum absolute atomic E-state index is 0.979. The van der Waals surface area contributed by atoms with E-state index in [-0.39, 0.29) is 0 Å². The molecule has 0 saturated carbocycles. The molecule has 2 aromatic carbocycles. The lowest BCUT2D eigenvalue weighted by molar-refractivity contribution is 0.533. The highest BCUT2D eigenvalue weighted by atomic mass is 15.1. The van der Waals surface area contributed by atoms with Crippen LogP contribution in [0, 0.1) is 0 Å². The van der Waals surface area contributed by atoms with Gasteiger partial charge >= 0.3 is 0 Å². The minimum Gasteiger partial charge on any atom is -0.378 e. The van der Waals surface area contributed by atoms with Crippen molar-refractivity contribution < 1.29 is 0 Å². The zero-order chi connectivity index (χ0) is 24.4. The Labute approximate surface area is 210 Å². The second-order valence-corrected chi connectivity index (χ2v) is 10.0. The molecule has 0 atom stereocenters. The second kappa shape index (κ2) is 17.4. The third kappa shape index (κ3) is 12.4. The molecule has 0 saturated heterocycles. The van der Waals surface area contributed by atoms with E-state index in [9.17, 15) is 0 Å². The van der Waals surface area contributed by atoms with Crippen molar-refractivity contribution >= 4 is 11.4 Å². The van der Waals surface area contributed by atoms with Gasteiger partial charge < -0.3 is 20.4 Å². The molecule has 190 valence electrons. The van der Waals surface area contributed by atoms with Crippen molar-refractivity contribution in [2.45, 2.75) is 77.3 Å². The van der Waals surface area contributed by atoms with Gasteiger partial charge in [0.15, 0.2) is 0 Å². The van der Waals surface area contributed by atoms with E-state index in [0.717, 1.165) is 26.2 Å². The Kier molecular flexibility index (Phi) is 14.4. The van der Waals surface area contributed by atoms with Crippen molar-refractivity contribution in [2.75, 3.05) is 51.1 Å². The first-order valence-corrected chi connectivity index (χ1v) is 13.5. The fourth-order valence-electron chi connectivity index (χ4n) is 4.20. The lowest BCUT2D eigenvalue weighted by Gasteiger charge is -2.13. The Balaban J connectivity index is 1.31. The molecule has 2 aromatic rings. The maximum absolute atomic E-state index is 3.59. The number of nitrogens with zero attached hydrogens (tertiary/aromatic N) is 2. The molecule has 4 nitrogen and oxygen atoms in total. The van der Waals surface area contributed by atoms with E-state index < -0.39 is 0 Å². The smallest absolute Gasteiger partial charge is 0.0361 e. The molecule has 0 bridgehead atoms. The third-order valence-corrected chi connectivity index (χ3v) is 6.52. The van der Waals surface area contributed by atoms with Crippen LogP contribution in [0.15, 0.2) is 48.5 Å². The van der Waals surface area contributed by atoms with Crippen LogP contribution in [-0.4, -0.2) is 41.3 Å². The summed E-state index contributed by atoms with van der Waals surface area (Å²) in [5.74, 6) is 0. The molecule has 34 heavy (non-hydrogen) atoms. The van der Waals surface area contributed by atoms with Gasteiger partial charge in [0.2, 0.25) is 0 Å². The van der Waals surface area contributed by atoms with E-state index in [4.69, 9.17) is 0 Å². The van der Waals surface area contributed by atoms with Gasteiger partial charge in [-0.1, -0.05) is 75.6 Å². The fourth-order valence-corrected chi connectivity index (χ4v) is 4.20. The van der Waals surface area contributed by atoms with Crippen LogP contribution in [0.25, 0.3) is 0 Å². The van der Waals surface area contributed by atoms with E-state index in [0.29, 0.717) is 0 Å². The van der Waals surface area contributed by atoms with Crippen molar-refractivity contribution in [3.8, 4) is 0 Å². The van der Waals surface area contributed by atoms with Crippen LogP contribution in [0.5, 0.6) is 0 Å². The molecule has 0 fully saturated rings. The summed E-state index contributed by atoms with van der Waals surface area (Å²) in [6.07, 6.45) is 13.7. The Morgan fingerprint density at radius 2 is 0.735 bits per heavy atom. The normalized spacial score (nSPS) is 11.1. The van der Waals surface area contributed by atoms with Gasteiger partial charge in [-0.3, -0.25) is 0 Å². The second-order valence-electron chi connectivity index (χ2n) is 10.0. The molecule has 0 aliphatic heterocycles. The van der Waals surface area contributed by atoms with Crippen LogP contribution >= 0.6 is 0 Å². The van der Waals surface area contributed by atoms with E-state index in [1.165, 1.54) is 86.7 Å². The van der Waals surface area contributed by atoms with Crippen LogP contribution in [0.4, 0.5) is 11.4 Å². The Bertz CT molecular complexity index is 672. The van der Waals surface area contributed by atoms with E-state index in [2.05, 4.69) is 97.2 Å². The topological polar surface area (TPSA) is 30.5 Å². The fraction of sp³-hybridized carbons (Fsp3) is 0.600. The van der Waals surface area contributed by atoms with Crippen molar-refractivity contribution in [1.29, 1.82) is 0 Å². The van der Waals surface area contributed by atoms with Gasteiger partial charge in [0.05, 0.1) is 0 Å². The van der Waals surface area contributed by atoms with E-state index in [1.807, 2.05) is 0 Å². The van der Waals surface area contributed by atoms with Crippen LogP contribution in [-0.2, 0) is 13.1 Å².